The topological polar surface area (TPSA) is 90.3 Å². The van der Waals surface area contributed by atoms with Crippen LogP contribution < -0.4 is 10.6 Å². The van der Waals surface area contributed by atoms with Crippen molar-refractivity contribution in [2.24, 2.45) is 5.92 Å². The fraction of sp³-hybridized carbons (Fsp3) is 0.522. The molecule has 2 N–H and O–H groups in total. The predicted molar refractivity (Wildman–Crippen MR) is 115 cm³/mol. The summed E-state index contributed by atoms with van der Waals surface area (Å²) >= 11 is 0. The molecule has 0 radical (unpaired) electrons. The van der Waals surface area contributed by atoms with Gasteiger partial charge in [0.2, 0.25) is 0 Å². The smallest absolute Gasteiger partial charge is 0.250 e. The fourth-order valence-corrected chi connectivity index (χ4v) is 4.89. The number of aromatic nitrogens is 1. The zero-order valence-corrected chi connectivity index (χ0v) is 17.6. The molecule has 7 nitrogen and oxygen atoms in total. The molecule has 30 heavy (non-hydrogen) atoms. The normalized spacial score (nSPS) is 27.5. The molecule has 0 saturated carbocycles. The lowest BCUT2D eigenvalue weighted by Gasteiger charge is -2.43. The van der Waals surface area contributed by atoms with Gasteiger partial charge in [-0.1, -0.05) is 19.1 Å². The van der Waals surface area contributed by atoms with E-state index in [4.69, 9.17) is 4.74 Å². The van der Waals surface area contributed by atoms with Gasteiger partial charge in [0, 0.05) is 49.7 Å². The van der Waals surface area contributed by atoms with Crippen LogP contribution in [-0.2, 0) is 9.53 Å². The first-order chi connectivity index (χ1) is 14.6. The highest BCUT2D eigenvalue weighted by atomic mass is 16.5. The third-order valence-corrected chi connectivity index (χ3v) is 6.32. The van der Waals surface area contributed by atoms with E-state index in [9.17, 15) is 10.1 Å². The Balaban J connectivity index is 1.61. The summed E-state index contributed by atoms with van der Waals surface area (Å²) in [5.41, 5.74) is 2.55. The molecular weight excluding hydrogens is 378 g/mol. The van der Waals surface area contributed by atoms with E-state index >= 15 is 0 Å². The monoisotopic (exact) mass is 407 g/mol. The van der Waals surface area contributed by atoms with Crippen molar-refractivity contribution < 1.29 is 9.53 Å². The Morgan fingerprint density at radius 3 is 3.07 bits per heavy atom. The summed E-state index contributed by atoms with van der Waals surface area (Å²) in [6, 6.07) is 10.3. The van der Waals surface area contributed by atoms with Crippen LogP contribution in [0.3, 0.4) is 0 Å². The number of piperidine rings is 1. The molecule has 1 aromatic carbocycles. The minimum Gasteiger partial charge on any atom is -0.366 e. The second-order valence-corrected chi connectivity index (χ2v) is 8.48. The summed E-state index contributed by atoms with van der Waals surface area (Å²) in [6.07, 6.45) is 2.34. The van der Waals surface area contributed by atoms with Crippen molar-refractivity contribution in [3.8, 4) is 6.07 Å². The quantitative estimate of drug-likeness (QED) is 0.801. The number of pyridine rings is 1. The van der Waals surface area contributed by atoms with E-state index in [2.05, 4.69) is 52.7 Å². The van der Waals surface area contributed by atoms with Crippen LogP contribution in [0.15, 0.2) is 30.5 Å². The van der Waals surface area contributed by atoms with E-state index < -0.39 is 6.10 Å². The number of nitrogens with one attached hydrogen (secondary N) is 2. The van der Waals surface area contributed by atoms with Crippen molar-refractivity contribution in [3.05, 3.63) is 41.6 Å². The van der Waals surface area contributed by atoms with Gasteiger partial charge in [-0.25, -0.2) is 0 Å². The van der Waals surface area contributed by atoms with Gasteiger partial charge in [0.05, 0.1) is 17.7 Å². The standard InChI is InChI=1S/C23H29N5O2/c1-15-10-19(17-6-5-16(11-24)22-18(17)4-3-7-26-22)20(28(2)14-15)12-27-23(29)21-13-25-8-9-30-21/h3-7,15,19-21,25H,8-10,12-14H2,1-2H3,(H,27,29)/t15-,19-,20+,21?/m1/s1. The number of ether oxygens (including phenoxy) is 1. The Bertz CT molecular complexity index is 950. The predicted octanol–water partition coefficient (Wildman–Crippen LogP) is 1.63. The second-order valence-electron chi connectivity index (χ2n) is 8.48. The van der Waals surface area contributed by atoms with Crippen molar-refractivity contribution in [1.29, 1.82) is 5.26 Å². The highest BCUT2D eigenvalue weighted by Crippen LogP contribution is 2.38. The minimum atomic E-state index is -0.426. The Morgan fingerprint density at radius 1 is 1.43 bits per heavy atom. The Morgan fingerprint density at radius 2 is 2.30 bits per heavy atom. The number of hydrogen-bond donors (Lipinski definition) is 2. The van der Waals surface area contributed by atoms with Gasteiger partial charge in [-0.2, -0.15) is 5.26 Å². The van der Waals surface area contributed by atoms with Crippen LogP contribution in [0.2, 0.25) is 0 Å². The van der Waals surface area contributed by atoms with Gasteiger partial charge < -0.3 is 20.3 Å². The molecule has 158 valence electrons. The van der Waals surface area contributed by atoms with Crippen molar-refractivity contribution in [2.75, 3.05) is 39.8 Å². The third-order valence-electron chi connectivity index (χ3n) is 6.32. The van der Waals surface area contributed by atoms with Gasteiger partial charge in [-0.3, -0.25) is 9.78 Å². The highest BCUT2D eigenvalue weighted by Gasteiger charge is 2.35. The molecule has 2 aromatic rings. The van der Waals surface area contributed by atoms with Crippen LogP contribution in [0.4, 0.5) is 0 Å². The van der Waals surface area contributed by atoms with Gasteiger partial charge >= 0.3 is 0 Å². The lowest BCUT2D eigenvalue weighted by atomic mass is 9.78. The summed E-state index contributed by atoms with van der Waals surface area (Å²) in [6.45, 7) is 5.72. The first kappa shape index (κ1) is 20.7. The number of hydrogen-bond acceptors (Lipinski definition) is 6. The summed E-state index contributed by atoms with van der Waals surface area (Å²) in [5, 5.41) is 16.8. The lowest BCUT2D eigenvalue weighted by molar-refractivity contribution is -0.134. The van der Waals surface area contributed by atoms with Crippen LogP contribution in [0.25, 0.3) is 10.9 Å². The second kappa shape index (κ2) is 9.09. The van der Waals surface area contributed by atoms with E-state index in [0.29, 0.717) is 31.2 Å². The fourth-order valence-electron chi connectivity index (χ4n) is 4.89. The molecule has 1 unspecified atom stereocenters. The highest BCUT2D eigenvalue weighted by molar-refractivity contribution is 5.87. The average Bonchev–Trinajstić information content (AvgIpc) is 2.77. The molecule has 2 saturated heterocycles. The minimum absolute atomic E-state index is 0.0562. The first-order valence-corrected chi connectivity index (χ1v) is 10.7. The maximum atomic E-state index is 12.6. The molecule has 3 heterocycles. The first-order valence-electron chi connectivity index (χ1n) is 10.7. The Hall–Kier alpha value is -2.53. The molecule has 2 aliphatic heterocycles. The molecule has 2 fully saturated rings. The van der Waals surface area contributed by atoms with Crippen LogP contribution in [0.5, 0.6) is 0 Å². The average molecular weight is 408 g/mol. The maximum Gasteiger partial charge on any atom is 0.250 e. The van der Waals surface area contributed by atoms with Crippen molar-refractivity contribution in [1.82, 2.24) is 20.5 Å². The molecule has 2 aliphatic rings. The van der Waals surface area contributed by atoms with E-state index in [1.165, 1.54) is 5.56 Å². The van der Waals surface area contributed by atoms with Crippen LogP contribution in [0.1, 0.15) is 30.4 Å². The van der Waals surface area contributed by atoms with E-state index in [-0.39, 0.29) is 17.9 Å². The molecule has 1 amide bonds. The maximum absolute atomic E-state index is 12.6. The number of morpholine rings is 1. The van der Waals surface area contributed by atoms with Crippen LogP contribution in [-0.4, -0.2) is 67.8 Å². The number of fused-ring (bicyclic) bond motifs is 1. The number of likely N-dealkylation sites (N-methyl/N-ethyl adjacent to an activating group) is 1. The lowest BCUT2D eigenvalue weighted by Crippen LogP contribution is -2.54. The Kier molecular flexibility index (Phi) is 6.28. The number of nitrogens with zero attached hydrogens (tertiary/aromatic N) is 3. The molecule has 1 aromatic heterocycles. The summed E-state index contributed by atoms with van der Waals surface area (Å²) in [5.74, 6) is 0.725. The zero-order valence-electron chi connectivity index (χ0n) is 17.6. The Labute approximate surface area is 177 Å². The van der Waals surface area contributed by atoms with Gasteiger partial charge in [-0.05, 0) is 37.1 Å². The van der Waals surface area contributed by atoms with Crippen LogP contribution >= 0.6 is 0 Å². The molecule has 4 rings (SSSR count). The van der Waals surface area contributed by atoms with E-state index in [1.807, 2.05) is 12.1 Å². The molecule has 4 atom stereocenters. The number of nitriles is 1. The van der Waals surface area contributed by atoms with Gasteiger partial charge in [0.15, 0.2) is 0 Å². The van der Waals surface area contributed by atoms with Crippen molar-refractivity contribution in [3.63, 3.8) is 0 Å². The summed E-state index contributed by atoms with van der Waals surface area (Å²) in [4.78, 5) is 19.4. The summed E-state index contributed by atoms with van der Waals surface area (Å²) < 4.78 is 5.59. The number of carbonyl (C=O) groups excluding carboxylic acids is 1. The molecule has 0 bridgehead atoms. The molecule has 0 aliphatic carbocycles. The number of benzene rings is 1. The van der Waals surface area contributed by atoms with E-state index in [1.54, 1.807) is 6.20 Å². The third kappa shape index (κ3) is 4.17. The van der Waals surface area contributed by atoms with Gasteiger partial charge in [0.1, 0.15) is 12.2 Å². The number of likely N-dealkylation sites (tertiary alicyclic amines) is 1. The van der Waals surface area contributed by atoms with E-state index in [0.717, 1.165) is 30.4 Å². The van der Waals surface area contributed by atoms with Crippen molar-refractivity contribution in [2.45, 2.75) is 31.4 Å². The summed E-state index contributed by atoms with van der Waals surface area (Å²) in [7, 11) is 2.13. The van der Waals surface area contributed by atoms with Gasteiger partial charge in [-0.15, -0.1) is 0 Å². The number of amides is 1. The molecule has 0 spiro atoms. The molecular formula is C23H29N5O2. The van der Waals surface area contributed by atoms with Crippen molar-refractivity contribution >= 4 is 16.8 Å². The number of carbonyl (C=O) groups is 1. The molecule has 7 heteroatoms. The SMILES string of the molecule is C[C@@H]1C[C@H](c2ccc(C#N)c3ncccc23)[C@H](CNC(=O)C2CNCCO2)N(C)C1. The zero-order chi connectivity index (χ0) is 21.1. The van der Waals surface area contributed by atoms with Crippen LogP contribution in [0, 0.1) is 17.2 Å². The largest absolute Gasteiger partial charge is 0.366 e. The number of rotatable bonds is 4. The van der Waals surface area contributed by atoms with Gasteiger partial charge in [0.25, 0.3) is 5.91 Å².